The first-order valence-corrected chi connectivity index (χ1v) is 6.48. The zero-order valence-electron chi connectivity index (χ0n) is 10.5. The Kier molecular flexibility index (Phi) is 3.02. The fraction of sp³-hybridized carbons (Fsp3) is 0.400. The molecule has 3 nitrogen and oxygen atoms in total. The van der Waals surface area contributed by atoms with Crippen LogP contribution in [0.5, 0.6) is 0 Å². The lowest BCUT2D eigenvalue weighted by Gasteiger charge is -2.23. The quantitative estimate of drug-likeness (QED) is 0.880. The molecule has 0 amide bonds. The Morgan fingerprint density at radius 3 is 3.00 bits per heavy atom. The third kappa shape index (κ3) is 1.89. The van der Waals surface area contributed by atoms with Crippen molar-refractivity contribution in [2.45, 2.75) is 25.5 Å². The van der Waals surface area contributed by atoms with E-state index < -0.39 is 0 Å². The van der Waals surface area contributed by atoms with Gasteiger partial charge in [-0.2, -0.15) is 0 Å². The topological polar surface area (TPSA) is 48.1 Å². The Labute approximate surface area is 107 Å². The smallest absolute Gasteiger partial charge is 0.0705 e. The zero-order chi connectivity index (χ0) is 12.5. The highest BCUT2D eigenvalue weighted by Gasteiger charge is 2.31. The summed E-state index contributed by atoms with van der Waals surface area (Å²) in [4.78, 5) is 4.38. The number of pyridine rings is 1. The third-order valence-corrected chi connectivity index (χ3v) is 3.93. The molecule has 3 rings (SSSR count). The molecule has 94 valence electrons. The summed E-state index contributed by atoms with van der Waals surface area (Å²) < 4.78 is 5.62. The van der Waals surface area contributed by atoms with Gasteiger partial charge in [-0.15, -0.1) is 0 Å². The van der Waals surface area contributed by atoms with E-state index in [0.717, 1.165) is 23.9 Å². The number of fused-ring (bicyclic) bond motifs is 1. The molecule has 3 heteroatoms. The van der Waals surface area contributed by atoms with Gasteiger partial charge in [0.25, 0.3) is 0 Å². The summed E-state index contributed by atoms with van der Waals surface area (Å²) in [5.41, 5.74) is 8.64. The minimum atomic E-state index is 0.0235. The van der Waals surface area contributed by atoms with Gasteiger partial charge in [-0.05, 0) is 31.0 Å². The maximum atomic E-state index is 6.45. The lowest BCUT2D eigenvalue weighted by Crippen LogP contribution is -2.26. The third-order valence-electron chi connectivity index (χ3n) is 3.93. The van der Waals surface area contributed by atoms with Crippen molar-refractivity contribution < 1.29 is 4.74 Å². The molecule has 0 spiro atoms. The SMILES string of the molecule is CC1OCCC1C(N)c1cccc2ncccc12. The van der Waals surface area contributed by atoms with Crippen LogP contribution in [0.3, 0.4) is 0 Å². The van der Waals surface area contributed by atoms with E-state index in [0.29, 0.717) is 5.92 Å². The zero-order valence-corrected chi connectivity index (χ0v) is 10.5. The van der Waals surface area contributed by atoms with Gasteiger partial charge in [-0.3, -0.25) is 4.98 Å². The maximum Gasteiger partial charge on any atom is 0.0705 e. The van der Waals surface area contributed by atoms with Crippen molar-refractivity contribution in [3.63, 3.8) is 0 Å². The summed E-state index contributed by atoms with van der Waals surface area (Å²) in [6, 6.07) is 10.3. The number of rotatable bonds is 2. The van der Waals surface area contributed by atoms with E-state index in [2.05, 4.69) is 24.0 Å². The van der Waals surface area contributed by atoms with E-state index in [1.807, 2.05) is 24.4 Å². The molecule has 1 saturated heterocycles. The van der Waals surface area contributed by atoms with Crippen LogP contribution in [0.2, 0.25) is 0 Å². The summed E-state index contributed by atoms with van der Waals surface area (Å²) in [6.45, 7) is 2.93. The molecule has 0 bridgehead atoms. The van der Waals surface area contributed by atoms with E-state index in [4.69, 9.17) is 10.5 Å². The first kappa shape index (κ1) is 11.6. The average molecular weight is 242 g/mol. The van der Waals surface area contributed by atoms with E-state index in [1.54, 1.807) is 0 Å². The molecule has 0 saturated carbocycles. The van der Waals surface area contributed by atoms with Crippen LogP contribution in [0.25, 0.3) is 10.9 Å². The summed E-state index contributed by atoms with van der Waals surface area (Å²) in [7, 11) is 0. The van der Waals surface area contributed by atoms with Gasteiger partial charge in [-0.25, -0.2) is 0 Å². The number of hydrogen-bond acceptors (Lipinski definition) is 3. The normalized spacial score (nSPS) is 25.4. The van der Waals surface area contributed by atoms with Crippen LogP contribution in [0.15, 0.2) is 36.5 Å². The van der Waals surface area contributed by atoms with Gasteiger partial charge in [0.1, 0.15) is 0 Å². The van der Waals surface area contributed by atoms with Crippen molar-refractivity contribution in [3.05, 3.63) is 42.1 Å². The Bertz CT molecular complexity index is 550. The van der Waals surface area contributed by atoms with Crippen LogP contribution in [0, 0.1) is 5.92 Å². The van der Waals surface area contributed by atoms with Crippen molar-refractivity contribution in [1.29, 1.82) is 0 Å². The molecule has 2 N–H and O–H groups in total. The lowest BCUT2D eigenvalue weighted by atomic mass is 9.87. The van der Waals surface area contributed by atoms with Crippen molar-refractivity contribution in [2.75, 3.05) is 6.61 Å². The summed E-state index contributed by atoms with van der Waals surface area (Å²) in [6.07, 6.45) is 3.10. The second-order valence-corrected chi connectivity index (χ2v) is 4.97. The molecule has 1 aromatic carbocycles. The Hall–Kier alpha value is -1.45. The number of ether oxygens (including phenoxy) is 1. The Morgan fingerprint density at radius 2 is 2.22 bits per heavy atom. The first-order valence-electron chi connectivity index (χ1n) is 6.48. The molecular formula is C15H18N2O. The van der Waals surface area contributed by atoms with Crippen molar-refractivity contribution in [2.24, 2.45) is 11.7 Å². The predicted octanol–water partition coefficient (Wildman–Crippen LogP) is 2.66. The van der Waals surface area contributed by atoms with Gasteiger partial charge >= 0.3 is 0 Å². The monoisotopic (exact) mass is 242 g/mol. The molecule has 1 aliphatic heterocycles. The number of benzene rings is 1. The number of aromatic nitrogens is 1. The highest BCUT2D eigenvalue weighted by Crippen LogP contribution is 2.34. The van der Waals surface area contributed by atoms with Crippen molar-refractivity contribution >= 4 is 10.9 Å². The van der Waals surface area contributed by atoms with Gasteiger partial charge in [0.15, 0.2) is 0 Å². The first-order chi connectivity index (χ1) is 8.77. The minimum absolute atomic E-state index is 0.0235. The molecule has 3 unspecified atom stereocenters. The molecule has 0 radical (unpaired) electrons. The Morgan fingerprint density at radius 1 is 1.33 bits per heavy atom. The van der Waals surface area contributed by atoms with Crippen LogP contribution < -0.4 is 5.73 Å². The molecule has 2 heterocycles. The second-order valence-electron chi connectivity index (χ2n) is 4.97. The van der Waals surface area contributed by atoms with Crippen molar-refractivity contribution in [1.82, 2.24) is 4.98 Å². The highest BCUT2D eigenvalue weighted by atomic mass is 16.5. The molecular weight excluding hydrogens is 224 g/mol. The average Bonchev–Trinajstić information content (AvgIpc) is 2.83. The molecule has 2 aromatic rings. The number of nitrogens with zero attached hydrogens (tertiary/aromatic N) is 1. The molecule has 1 aliphatic rings. The van der Waals surface area contributed by atoms with Crippen LogP contribution in [-0.2, 0) is 4.74 Å². The Balaban J connectivity index is 2.03. The van der Waals surface area contributed by atoms with E-state index in [9.17, 15) is 0 Å². The second kappa shape index (κ2) is 4.67. The van der Waals surface area contributed by atoms with Crippen molar-refractivity contribution in [3.8, 4) is 0 Å². The number of hydrogen-bond donors (Lipinski definition) is 1. The van der Waals surface area contributed by atoms with E-state index in [-0.39, 0.29) is 12.1 Å². The van der Waals surface area contributed by atoms with Crippen LogP contribution in [0.1, 0.15) is 24.9 Å². The van der Waals surface area contributed by atoms with Gasteiger partial charge < -0.3 is 10.5 Å². The van der Waals surface area contributed by atoms with Gasteiger partial charge in [-0.1, -0.05) is 18.2 Å². The summed E-state index contributed by atoms with van der Waals surface area (Å²) in [5, 5.41) is 1.16. The lowest BCUT2D eigenvalue weighted by molar-refractivity contribution is 0.0996. The van der Waals surface area contributed by atoms with Gasteiger partial charge in [0.05, 0.1) is 11.6 Å². The standard InChI is InChI=1S/C15H18N2O/c1-10-11(7-9-18-10)15(16)13-4-2-6-14-12(13)5-3-8-17-14/h2-6,8,10-11,15H,7,9,16H2,1H3. The molecule has 1 fully saturated rings. The molecule has 18 heavy (non-hydrogen) atoms. The summed E-state index contributed by atoms with van der Waals surface area (Å²) >= 11 is 0. The van der Waals surface area contributed by atoms with E-state index >= 15 is 0 Å². The van der Waals surface area contributed by atoms with Crippen LogP contribution >= 0.6 is 0 Å². The fourth-order valence-corrected chi connectivity index (χ4v) is 2.87. The molecule has 1 aromatic heterocycles. The van der Waals surface area contributed by atoms with Gasteiger partial charge in [0.2, 0.25) is 0 Å². The largest absolute Gasteiger partial charge is 0.378 e. The predicted molar refractivity (Wildman–Crippen MR) is 72.2 cm³/mol. The maximum absolute atomic E-state index is 6.45. The summed E-state index contributed by atoms with van der Waals surface area (Å²) in [5.74, 6) is 0.399. The fourth-order valence-electron chi connectivity index (χ4n) is 2.87. The highest BCUT2D eigenvalue weighted by molar-refractivity contribution is 5.82. The van der Waals surface area contributed by atoms with Crippen LogP contribution in [-0.4, -0.2) is 17.7 Å². The van der Waals surface area contributed by atoms with E-state index in [1.165, 1.54) is 5.56 Å². The van der Waals surface area contributed by atoms with Gasteiger partial charge in [0, 0.05) is 30.1 Å². The molecule has 0 aliphatic carbocycles. The van der Waals surface area contributed by atoms with Crippen LogP contribution in [0.4, 0.5) is 0 Å². The number of nitrogens with two attached hydrogens (primary N) is 1. The minimum Gasteiger partial charge on any atom is -0.378 e. The molecule has 3 atom stereocenters.